The number of anilines is 1. The van der Waals surface area contributed by atoms with Crippen LogP contribution in [-0.2, 0) is 4.74 Å². The van der Waals surface area contributed by atoms with Gasteiger partial charge in [0.25, 0.3) is 0 Å². The van der Waals surface area contributed by atoms with Crippen molar-refractivity contribution in [3.05, 3.63) is 18.2 Å². The van der Waals surface area contributed by atoms with Crippen molar-refractivity contribution in [1.82, 2.24) is 5.32 Å². The summed E-state index contributed by atoms with van der Waals surface area (Å²) in [6.07, 6.45) is 3.42. The SMILES string of the molecule is CCNC(=NCC1CCCOC1C(C)(C)C)Nc1ccc2c(c1)OCCCO2.I. The second-order valence-corrected chi connectivity index (χ2v) is 8.62. The summed E-state index contributed by atoms with van der Waals surface area (Å²) in [6.45, 7) is 12.6. The highest BCUT2D eigenvalue weighted by atomic mass is 127. The molecule has 2 aliphatic heterocycles. The van der Waals surface area contributed by atoms with Crippen LogP contribution in [0.4, 0.5) is 5.69 Å². The number of guanidine groups is 1. The van der Waals surface area contributed by atoms with Crippen molar-refractivity contribution in [2.75, 3.05) is 38.2 Å². The number of benzene rings is 1. The van der Waals surface area contributed by atoms with Gasteiger partial charge in [-0.15, -0.1) is 24.0 Å². The van der Waals surface area contributed by atoms with Crippen LogP contribution in [0.15, 0.2) is 23.2 Å². The summed E-state index contributed by atoms with van der Waals surface area (Å²) in [5.74, 6) is 2.81. The molecule has 2 aliphatic rings. The fourth-order valence-corrected chi connectivity index (χ4v) is 3.88. The van der Waals surface area contributed by atoms with E-state index in [0.29, 0.717) is 19.1 Å². The highest BCUT2D eigenvalue weighted by molar-refractivity contribution is 14.0. The van der Waals surface area contributed by atoms with E-state index >= 15 is 0 Å². The van der Waals surface area contributed by atoms with Gasteiger partial charge in [-0.25, -0.2) is 0 Å². The van der Waals surface area contributed by atoms with Crippen molar-refractivity contribution in [2.45, 2.75) is 53.1 Å². The van der Waals surface area contributed by atoms with Crippen LogP contribution in [0.5, 0.6) is 11.5 Å². The van der Waals surface area contributed by atoms with Crippen molar-refractivity contribution in [3.8, 4) is 11.5 Å². The van der Waals surface area contributed by atoms with Crippen LogP contribution in [0, 0.1) is 11.3 Å². The molecular formula is C22H36IN3O3. The first-order valence-corrected chi connectivity index (χ1v) is 10.5. The van der Waals surface area contributed by atoms with Crippen LogP contribution in [-0.4, -0.2) is 45.0 Å². The van der Waals surface area contributed by atoms with Crippen molar-refractivity contribution in [3.63, 3.8) is 0 Å². The molecule has 2 atom stereocenters. The van der Waals surface area contributed by atoms with Crippen molar-refractivity contribution >= 4 is 35.6 Å². The van der Waals surface area contributed by atoms with Crippen molar-refractivity contribution in [1.29, 1.82) is 0 Å². The Morgan fingerprint density at radius 1 is 1.10 bits per heavy atom. The predicted octanol–water partition coefficient (Wildman–Crippen LogP) is 4.68. The lowest BCUT2D eigenvalue weighted by atomic mass is 9.78. The molecule has 6 nitrogen and oxygen atoms in total. The molecule has 1 saturated heterocycles. The Morgan fingerprint density at radius 3 is 2.59 bits per heavy atom. The monoisotopic (exact) mass is 517 g/mol. The van der Waals surface area contributed by atoms with E-state index in [1.165, 1.54) is 0 Å². The zero-order chi connectivity index (χ0) is 20.0. The van der Waals surface area contributed by atoms with Gasteiger partial charge in [-0.05, 0) is 37.3 Å². The number of hydrogen-bond acceptors (Lipinski definition) is 4. The summed E-state index contributed by atoms with van der Waals surface area (Å²) in [7, 11) is 0. The number of rotatable bonds is 4. The van der Waals surface area contributed by atoms with Gasteiger partial charge in [0, 0.05) is 43.8 Å². The van der Waals surface area contributed by atoms with E-state index in [9.17, 15) is 0 Å². The van der Waals surface area contributed by atoms with Gasteiger partial charge in [0.05, 0.1) is 19.3 Å². The molecule has 0 aliphatic carbocycles. The lowest BCUT2D eigenvalue weighted by Gasteiger charge is -2.39. The van der Waals surface area contributed by atoms with E-state index in [4.69, 9.17) is 19.2 Å². The van der Waals surface area contributed by atoms with E-state index in [0.717, 1.165) is 62.1 Å². The molecule has 3 rings (SSSR count). The highest BCUT2D eigenvalue weighted by Gasteiger charge is 2.35. The smallest absolute Gasteiger partial charge is 0.195 e. The standard InChI is InChI=1S/C22H35N3O3.HI/c1-5-23-21(24-15-16-8-6-11-28-20(16)22(2,3)4)25-17-9-10-18-19(14-17)27-13-7-12-26-18;/h9-10,14,16,20H,5-8,11-13,15H2,1-4H3,(H2,23,24,25);1H. The first kappa shape index (κ1) is 24.1. The van der Waals surface area contributed by atoms with Gasteiger partial charge in [-0.1, -0.05) is 20.8 Å². The van der Waals surface area contributed by atoms with Gasteiger partial charge in [0.1, 0.15) is 0 Å². The van der Waals surface area contributed by atoms with E-state index in [1.807, 2.05) is 18.2 Å². The molecule has 1 aromatic carbocycles. The average Bonchev–Trinajstić information content (AvgIpc) is 2.91. The molecule has 0 bridgehead atoms. The Bertz CT molecular complexity index is 676. The number of halogens is 1. The zero-order valence-electron chi connectivity index (χ0n) is 18.1. The highest BCUT2D eigenvalue weighted by Crippen LogP contribution is 2.34. The third-order valence-corrected chi connectivity index (χ3v) is 5.14. The molecule has 1 fully saturated rings. The predicted molar refractivity (Wildman–Crippen MR) is 129 cm³/mol. The topological polar surface area (TPSA) is 64.1 Å². The van der Waals surface area contributed by atoms with Gasteiger partial charge in [0.2, 0.25) is 0 Å². The molecule has 0 aromatic heterocycles. The minimum absolute atomic E-state index is 0. The Labute approximate surface area is 192 Å². The van der Waals surface area contributed by atoms with Crippen LogP contribution in [0.25, 0.3) is 0 Å². The molecule has 29 heavy (non-hydrogen) atoms. The van der Waals surface area contributed by atoms with E-state index < -0.39 is 0 Å². The van der Waals surface area contributed by atoms with Crippen LogP contribution in [0.3, 0.4) is 0 Å². The lowest BCUT2D eigenvalue weighted by Crippen LogP contribution is -2.42. The molecule has 2 N–H and O–H groups in total. The molecule has 1 aromatic rings. The van der Waals surface area contributed by atoms with E-state index in [1.54, 1.807) is 0 Å². The second-order valence-electron chi connectivity index (χ2n) is 8.62. The molecule has 2 heterocycles. The normalized spacial score (nSPS) is 22.3. The van der Waals surface area contributed by atoms with Crippen LogP contribution >= 0.6 is 24.0 Å². The summed E-state index contributed by atoms with van der Waals surface area (Å²) >= 11 is 0. The molecule has 0 amide bonds. The first-order chi connectivity index (χ1) is 13.5. The van der Waals surface area contributed by atoms with E-state index in [-0.39, 0.29) is 35.5 Å². The van der Waals surface area contributed by atoms with Crippen LogP contribution < -0.4 is 20.1 Å². The molecule has 0 spiro atoms. The molecule has 2 unspecified atom stereocenters. The summed E-state index contributed by atoms with van der Waals surface area (Å²) < 4.78 is 17.6. The Hall–Kier alpha value is -1.22. The second kappa shape index (κ2) is 11.2. The third-order valence-electron chi connectivity index (χ3n) is 5.14. The summed E-state index contributed by atoms with van der Waals surface area (Å²) in [5, 5.41) is 6.75. The van der Waals surface area contributed by atoms with Crippen molar-refractivity contribution < 1.29 is 14.2 Å². The number of hydrogen-bond donors (Lipinski definition) is 2. The lowest BCUT2D eigenvalue weighted by molar-refractivity contribution is -0.0823. The summed E-state index contributed by atoms with van der Waals surface area (Å²) in [4.78, 5) is 4.87. The fraction of sp³-hybridized carbons (Fsp3) is 0.682. The largest absolute Gasteiger partial charge is 0.490 e. The molecule has 0 saturated carbocycles. The minimum atomic E-state index is 0. The van der Waals surface area contributed by atoms with Gasteiger partial charge in [0.15, 0.2) is 17.5 Å². The third kappa shape index (κ3) is 6.91. The first-order valence-electron chi connectivity index (χ1n) is 10.5. The van der Waals surface area contributed by atoms with Crippen molar-refractivity contribution in [2.24, 2.45) is 16.3 Å². The number of ether oxygens (including phenoxy) is 3. The van der Waals surface area contributed by atoms with Gasteiger partial charge in [-0.3, -0.25) is 4.99 Å². The Kier molecular flexibility index (Phi) is 9.33. The quantitative estimate of drug-likeness (QED) is 0.345. The van der Waals surface area contributed by atoms with E-state index in [2.05, 4.69) is 38.3 Å². The molecular weight excluding hydrogens is 481 g/mol. The summed E-state index contributed by atoms with van der Waals surface area (Å²) in [5.41, 5.74) is 1.07. The summed E-state index contributed by atoms with van der Waals surface area (Å²) in [6, 6.07) is 5.94. The number of nitrogens with one attached hydrogen (secondary N) is 2. The Morgan fingerprint density at radius 2 is 1.86 bits per heavy atom. The van der Waals surface area contributed by atoms with Crippen LogP contribution in [0.1, 0.15) is 47.0 Å². The van der Waals surface area contributed by atoms with Gasteiger partial charge in [-0.2, -0.15) is 0 Å². The maximum Gasteiger partial charge on any atom is 0.195 e. The molecule has 0 radical (unpaired) electrons. The number of fused-ring (bicyclic) bond motifs is 1. The fourth-order valence-electron chi connectivity index (χ4n) is 3.88. The maximum absolute atomic E-state index is 6.10. The average molecular weight is 517 g/mol. The molecule has 164 valence electrons. The minimum Gasteiger partial charge on any atom is -0.490 e. The maximum atomic E-state index is 6.10. The van der Waals surface area contributed by atoms with Crippen LogP contribution in [0.2, 0.25) is 0 Å². The number of aliphatic imine (C=N–C) groups is 1. The van der Waals surface area contributed by atoms with Gasteiger partial charge >= 0.3 is 0 Å². The molecule has 7 heteroatoms. The Balaban J connectivity index is 0.00000300. The zero-order valence-corrected chi connectivity index (χ0v) is 20.5. The number of nitrogens with zero attached hydrogens (tertiary/aromatic N) is 1. The van der Waals surface area contributed by atoms with Gasteiger partial charge < -0.3 is 24.8 Å².